The molecule has 86 valence electrons. The van der Waals surface area contributed by atoms with Crippen molar-refractivity contribution in [2.45, 2.75) is 18.9 Å². The number of hydrogen-bond donors (Lipinski definition) is 1. The molecule has 1 aromatic carbocycles. The average Bonchev–Trinajstić information content (AvgIpc) is 2.34. The van der Waals surface area contributed by atoms with E-state index in [1.807, 2.05) is 25.2 Å². The quantitative estimate of drug-likeness (QED) is 0.792. The Labute approximate surface area is 97.5 Å². The van der Waals surface area contributed by atoms with Crippen molar-refractivity contribution in [1.82, 2.24) is 4.90 Å². The van der Waals surface area contributed by atoms with Crippen LogP contribution in [-0.2, 0) is 0 Å². The van der Waals surface area contributed by atoms with Gasteiger partial charge in [0, 0.05) is 6.04 Å². The summed E-state index contributed by atoms with van der Waals surface area (Å²) in [5.74, 6) is 0. The maximum absolute atomic E-state index is 8.87. The highest BCUT2D eigenvalue weighted by Gasteiger charge is 2.15. The molecule has 1 unspecified atom stereocenters. The summed E-state index contributed by atoms with van der Waals surface area (Å²) in [4.78, 5) is 2.20. The van der Waals surface area contributed by atoms with E-state index in [1.165, 1.54) is 5.56 Å². The Bertz CT molecular complexity index is 329. The lowest BCUT2D eigenvalue weighted by Gasteiger charge is -2.26. The second-order valence-electron chi connectivity index (χ2n) is 3.91. The summed E-state index contributed by atoms with van der Waals surface area (Å²) in [6.45, 7) is 1.62. The minimum absolute atomic E-state index is 0.178. The van der Waals surface area contributed by atoms with Crippen molar-refractivity contribution in [2.75, 3.05) is 20.1 Å². The fourth-order valence-corrected chi connectivity index (χ4v) is 1.79. The highest BCUT2D eigenvalue weighted by Crippen LogP contribution is 2.22. The van der Waals surface area contributed by atoms with E-state index in [0.717, 1.165) is 13.0 Å². The van der Waals surface area contributed by atoms with Gasteiger partial charge in [-0.25, -0.2) is 0 Å². The van der Waals surface area contributed by atoms with E-state index >= 15 is 0 Å². The Morgan fingerprint density at radius 1 is 1.38 bits per heavy atom. The third-order valence-electron chi connectivity index (χ3n) is 2.72. The number of hydrogen-bond acceptors (Lipinski definition) is 3. The van der Waals surface area contributed by atoms with Crippen LogP contribution in [0.4, 0.5) is 0 Å². The van der Waals surface area contributed by atoms with E-state index in [-0.39, 0.29) is 6.04 Å². The molecule has 0 amide bonds. The van der Waals surface area contributed by atoms with Gasteiger partial charge >= 0.3 is 0 Å². The number of nitriles is 1. The zero-order chi connectivity index (χ0) is 11.8. The molecule has 0 fully saturated rings. The van der Waals surface area contributed by atoms with Crippen LogP contribution < -0.4 is 5.73 Å². The van der Waals surface area contributed by atoms with Gasteiger partial charge in [0.25, 0.3) is 0 Å². The van der Waals surface area contributed by atoms with Crippen LogP contribution >= 0.6 is 0 Å². The van der Waals surface area contributed by atoms with E-state index in [9.17, 15) is 0 Å². The average molecular weight is 217 g/mol. The fraction of sp³-hybridized carbons (Fsp3) is 0.462. The minimum atomic E-state index is 0.178. The first-order valence-corrected chi connectivity index (χ1v) is 5.61. The maximum Gasteiger partial charge on any atom is 0.0641 e. The van der Waals surface area contributed by atoms with Crippen LogP contribution in [0.2, 0.25) is 0 Å². The largest absolute Gasteiger partial charge is 0.330 e. The van der Waals surface area contributed by atoms with Gasteiger partial charge in [-0.15, -0.1) is 0 Å². The first-order valence-electron chi connectivity index (χ1n) is 5.61. The predicted molar refractivity (Wildman–Crippen MR) is 65.7 cm³/mol. The van der Waals surface area contributed by atoms with E-state index in [4.69, 9.17) is 11.0 Å². The van der Waals surface area contributed by atoms with Crippen molar-refractivity contribution < 1.29 is 0 Å². The van der Waals surface area contributed by atoms with Gasteiger partial charge in [0.05, 0.1) is 12.5 Å². The van der Waals surface area contributed by atoms with Gasteiger partial charge in [-0.05, 0) is 32.1 Å². The third-order valence-corrected chi connectivity index (χ3v) is 2.72. The molecule has 0 aliphatic heterocycles. The van der Waals surface area contributed by atoms with Crippen LogP contribution in [0.1, 0.15) is 24.4 Å². The number of rotatable bonds is 6. The second kappa shape index (κ2) is 7.00. The van der Waals surface area contributed by atoms with Crippen LogP contribution in [0.25, 0.3) is 0 Å². The van der Waals surface area contributed by atoms with Crippen molar-refractivity contribution >= 4 is 0 Å². The van der Waals surface area contributed by atoms with Crippen molar-refractivity contribution in [2.24, 2.45) is 5.73 Å². The Morgan fingerprint density at radius 2 is 2.06 bits per heavy atom. The highest BCUT2D eigenvalue weighted by atomic mass is 15.1. The fourth-order valence-electron chi connectivity index (χ4n) is 1.79. The summed E-state index contributed by atoms with van der Waals surface area (Å²) in [5, 5.41) is 8.87. The van der Waals surface area contributed by atoms with Crippen molar-refractivity contribution in [1.29, 1.82) is 5.26 Å². The molecule has 0 spiro atoms. The van der Waals surface area contributed by atoms with Gasteiger partial charge in [-0.3, -0.25) is 4.90 Å². The lowest BCUT2D eigenvalue weighted by molar-refractivity contribution is 0.246. The molecule has 0 aliphatic rings. The van der Waals surface area contributed by atoms with Crippen molar-refractivity contribution in [3.8, 4) is 6.07 Å². The predicted octanol–water partition coefficient (Wildman–Crippen LogP) is 1.92. The Hall–Kier alpha value is -1.37. The molecule has 2 N–H and O–H groups in total. The Balaban J connectivity index is 2.71. The molecule has 0 aliphatic carbocycles. The van der Waals surface area contributed by atoms with Gasteiger partial charge in [0.2, 0.25) is 0 Å². The van der Waals surface area contributed by atoms with Gasteiger partial charge in [0.15, 0.2) is 0 Å². The number of nitrogens with two attached hydrogens (primary N) is 1. The molecule has 3 nitrogen and oxygen atoms in total. The van der Waals surface area contributed by atoms with Crippen LogP contribution in [0.15, 0.2) is 30.3 Å². The molecule has 0 aromatic heterocycles. The molecule has 0 bridgehead atoms. The van der Waals surface area contributed by atoms with Crippen molar-refractivity contribution in [3.63, 3.8) is 0 Å². The second-order valence-corrected chi connectivity index (χ2v) is 3.91. The van der Waals surface area contributed by atoms with Gasteiger partial charge < -0.3 is 5.73 Å². The normalized spacial score (nSPS) is 12.4. The molecule has 16 heavy (non-hydrogen) atoms. The molecule has 1 atom stereocenters. The Morgan fingerprint density at radius 3 is 2.62 bits per heavy atom. The zero-order valence-electron chi connectivity index (χ0n) is 9.76. The van der Waals surface area contributed by atoms with E-state index < -0.39 is 0 Å². The lowest BCUT2D eigenvalue weighted by atomic mass is 10.0. The van der Waals surface area contributed by atoms with Crippen LogP contribution in [0.5, 0.6) is 0 Å². The van der Waals surface area contributed by atoms with Crippen LogP contribution in [-0.4, -0.2) is 25.0 Å². The molecule has 1 aromatic rings. The van der Waals surface area contributed by atoms with Crippen molar-refractivity contribution in [3.05, 3.63) is 35.9 Å². The molecule has 0 saturated heterocycles. The molecule has 3 heteroatoms. The first kappa shape index (κ1) is 12.7. The monoisotopic (exact) mass is 217 g/mol. The summed E-state index contributed by atoms with van der Waals surface area (Å²) < 4.78 is 0. The number of benzene rings is 1. The summed E-state index contributed by atoms with van der Waals surface area (Å²) in [5.41, 5.74) is 6.70. The van der Waals surface area contributed by atoms with Gasteiger partial charge in [0.1, 0.15) is 0 Å². The topological polar surface area (TPSA) is 53.0 Å². The molecule has 0 radical (unpaired) electrons. The number of nitrogens with zero attached hydrogens (tertiary/aromatic N) is 2. The van der Waals surface area contributed by atoms with E-state index in [1.54, 1.807) is 0 Å². The molecule has 0 saturated carbocycles. The van der Waals surface area contributed by atoms with Gasteiger partial charge in [-0.2, -0.15) is 5.26 Å². The third kappa shape index (κ3) is 3.65. The first-order chi connectivity index (χ1) is 7.79. The molecular weight excluding hydrogens is 198 g/mol. The molecule has 1 rings (SSSR count). The SMILES string of the molecule is CN(CCCN)C(CC#N)c1ccccc1. The minimum Gasteiger partial charge on any atom is -0.330 e. The zero-order valence-corrected chi connectivity index (χ0v) is 9.76. The summed E-state index contributed by atoms with van der Waals surface area (Å²) in [6.07, 6.45) is 1.48. The summed E-state index contributed by atoms with van der Waals surface area (Å²) >= 11 is 0. The lowest BCUT2D eigenvalue weighted by Crippen LogP contribution is -2.26. The van der Waals surface area contributed by atoms with E-state index in [2.05, 4.69) is 23.1 Å². The molecular formula is C13H19N3. The summed E-state index contributed by atoms with van der Waals surface area (Å²) in [6, 6.07) is 12.6. The standard InChI is InChI=1S/C13H19N3/c1-16(11-5-9-14)13(8-10-15)12-6-3-2-4-7-12/h2-4,6-7,13H,5,8-9,11,14H2,1H3. The summed E-state index contributed by atoms with van der Waals surface area (Å²) in [7, 11) is 2.05. The van der Waals surface area contributed by atoms with Crippen LogP contribution in [0.3, 0.4) is 0 Å². The highest BCUT2D eigenvalue weighted by molar-refractivity contribution is 5.19. The van der Waals surface area contributed by atoms with Gasteiger partial charge in [-0.1, -0.05) is 30.3 Å². The molecule has 0 heterocycles. The van der Waals surface area contributed by atoms with E-state index in [0.29, 0.717) is 13.0 Å². The smallest absolute Gasteiger partial charge is 0.0641 e. The van der Waals surface area contributed by atoms with Crippen LogP contribution in [0, 0.1) is 11.3 Å². The maximum atomic E-state index is 8.87. The Kier molecular flexibility index (Phi) is 5.55.